The summed E-state index contributed by atoms with van der Waals surface area (Å²) < 4.78 is 0. The largest absolute Gasteiger partial charge is 0.274 e. The molecule has 4 nitrogen and oxygen atoms in total. The van der Waals surface area contributed by atoms with Crippen molar-refractivity contribution >= 4 is 17.5 Å². The lowest BCUT2D eigenvalue weighted by atomic mass is 10.00. The molecule has 1 heterocycles. The van der Waals surface area contributed by atoms with Crippen molar-refractivity contribution < 1.29 is 9.59 Å². The summed E-state index contributed by atoms with van der Waals surface area (Å²) in [7, 11) is 0. The number of anilines is 1. The highest BCUT2D eigenvalue weighted by atomic mass is 16.2. The average Bonchev–Trinajstić information content (AvgIpc) is 2.95. The quantitative estimate of drug-likeness (QED) is 0.704. The highest BCUT2D eigenvalue weighted by Gasteiger charge is 2.50. The molecule has 0 radical (unpaired) electrons. The third kappa shape index (κ3) is 1.44. The van der Waals surface area contributed by atoms with E-state index in [4.69, 9.17) is 5.26 Å². The first-order chi connectivity index (χ1) is 8.72. The van der Waals surface area contributed by atoms with Gasteiger partial charge in [0, 0.05) is 0 Å². The summed E-state index contributed by atoms with van der Waals surface area (Å²) in [4.78, 5) is 25.7. The van der Waals surface area contributed by atoms with E-state index >= 15 is 0 Å². The van der Waals surface area contributed by atoms with Gasteiger partial charge in [0.1, 0.15) is 0 Å². The van der Waals surface area contributed by atoms with Crippen LogP contribution >= 0.6 is 0 Å². The van der Waals surface area contributed by atoms with Crippen molar-refractivity contribution in [2.75, 3.05) is 4.90 Å². The van der Waals surface area contributed by atoms with Crippen molar-refractivity contribution in [3.8, 4) is 6.07 Å². The summed E-state index contributed by atoms with van der Waals surface area (Å²) in [5.74, 6) is -0.388. The summed E-state index contributed by atoms with van der Waals surface area (Å²) in [6, 6.07) is 8.60. The lowest BCUT2D eigenvalue weighted by Crippen LogP contribution is -2.31. The first-order valence-electron chi connectivity index (χ1n) is 6.10. The van der Waals surface area contributed by atoms with Crippen LogP contribution in [0.3, 0.4) is 0 Å². The number of carbonyl (C=O) groups excluding carboxylic acids is 2. The molecule has 1 aromatic rings. The van der Waals surface area contributed by atoms with E-state index in [2.05, 4.69) is 0 Å². The van der Waals surface area contributed by atoms with Gasteiger partial charge in [-0.15, -0.1) is 0 Å². The molecule has 2 aliphatic rings. The molecule has 18 heavy (non-hydrogen) atoms. The van der Waals surface area contributed by atoms with E-state index in [1.54, 1.807) is 24.3 Å². The van der Waals surface area contributed by atoms with Gasteiger partial charge in [0.2, 0.25) is 11.8 Å². The van der Waals surface area contributed by atoms with E-state index < -0.39 is 0 Å². The SMILES string of the molecule is N#Cc1ccc(N2C(=O)C3CCCC3C2=O)cc1. The molecule has 4 heteroatoms. The number of rotatable bonds is 1. The Balaban J connectivity index is 1.95. The van der Waals surface area contributed by atoms with Crippen molar-refractivity contribution in [3.05, 3.63) is 29.8 Å². The summed E-state index contributed by atoms with van der Waals surface area (Å²) in [6.07, 6.45) is 2.61. The van der Waals surface area contributed by atoms with E-state index in [1.165, 1.54) is 4.90 Å². The maximum atomic E-state index is 12.2. The first-order valence-corrected chi connectivity index (χ1v) is 6.10. The van der Waals surface area contributed by atoms with E-state index in [1.807, 2.05) is 6.07 Å². The fraction of sp³-hybridized carbons (Fsp3) is 0.357. The predicted molar refractivity (Wildman–Crippen MR) is 64.5 cm³/mol. The Morgan fingerprint density at radius 2 is 1.61 bits per heavy atom. The Labute approximate surface area is 105 Å². The second kappa shape index (κ2) is 3.95. The number of nitriles is 1. The Hall–Kier alpha value is -2.15. The average molecular weight is 240 g/mol. The van der Waals surface area contributed by atoms with Gasteiger partial charge in [-0.3, -0.25) is 14.5 Å². The van der Waals surface area contributed by atoms with Crippen molar-refractivity contribution in [1.82, 2.24) is 0 Å². The van der Waals surface area contributed by atoms with Gasteiger partial charge in [-0.2, -0.15) is 5.26 Å². The molecule has 1 saturated heterocycles. The van der Waals surface area contributed by atoms with E-state index in [0.29, 0.717) is 11.3 Å². The number of hydrogen-bond acceptors (Lipinski definition) is 3. The Morgan fingerprint density at radius 3 is 2.11 bits per heavy atom. The second-order valence-corrected chi connectivity index (χ2v) is 4.81. The van der Waals surface area contributed by atoms with E-state index in [0.717, 1.165) is 19.3 Å². The highest BCUT2D eigenvalue weighted by molar-refractivity contribution is 6.22. The molecule has 2 atom stereocenters. The number of imide groups is 1. The molecule has 3 rings (SSSR count). The maximum absolute atomic E-state index is 12.2. The monoisotopic (exact) mass is 240 g/mol. The summed E-state index contributed by atoms with van der Waals surface area (Å²) in [6.45, 7) is 0. The lowest BCUT2D eigenvalue weighted by molar-refractivity contribution is -0.122. The van der Waals surface area contributed by atoms with Crippen molar-refractivity contribution in [2.24, 2.45) is 11.8 Å². The third-order valence-corrected chi connectivity index (χ3v) is 3.85. The number of fused-ring (bicyclic) bond motifs is 1. The topological polar surface area (TPSA) is 61.2 Å². The van der Waals surface area contributed by atoms with Gasteiger partial charge in [-0.25, -0.2) is 0 Å². The zero-order chi connectivity index (χ0) is 12.7. The number of nitrogens with zero attached hydrogens (tertiary/aromatic N) is 2. The maximum Gasteiger partial charge on any atom is 0.237 e. The number of hydrogen-bond donors (Lipinski definition) is 0. The van der Waals surface area contributed by atoms with Gasteiger partial charge in [0.25, 0.3) is 0 Å². The van der Waals surface area contributed by atoms with Gasteiger partial charge in [0.15, 0.2) is 0 Å². The summed E-state index contributed by atoms with van der Waals surface area (Å²) in [5.41, 5.74) is 1.11. The summed E-state index contributed by atoms with van der Waals surface area (Å²) in [5, 5.41) is 8.73. The van der Waals surface area contributed by atoms with Gasteiger partial charge in [-0.05, 0) is 37.1 Å². The number of benzene rings is 1. The molecular weight excluding hydrogens is 228 g/mol. The van der Waals surface area contributed by atoms with Crippen LogP contribution in [0.5, 0.6) is 0 Å². The van der Waals surface area contributed by atoms with Crippen LogP contribution in [0.25, 0.3) is 0 Å². The molecule has 2 unspecified atom stereocenters. The lowest BCUT2D eigenvalue weighted by Gasteiger charge is -2.15. The van der Waals surface area contributed by atoms with Crippen molar-refractivity contribution in [2.45, 2.75) is 19.3 Å². The van der Waals surface area contributed by atoms with Crippen LogP contribution in [-0.4, -0.2) is 11.8 Å². The number of carbonyl (C=O) groups is 2. The molecule has 1 aromatic carbocycles. The zero-order valence-corrected chi connectivity index (χ0v) is 9.80. The molecule has 0 aromatic heterocycles. The Bertz CT molecular complexity index is 534. The van der Waals surface area contributed by atoms with Gasteiger partial charge < -0.3 is 0 Å². The smallest absolute Gasteiger partial charge is 0.237 e. The molecular formula is C14H12N2O2. The molecule has 2 amide bonds. The third-order valence-electron chi connectivity index (χ3n) is 3.85. The Morgan fingerprint density at radius 1 is 1.06 bits per heavy atom. The fourth-order valence-electron chi connectivity index (χ4n) is 2.93. The minimum absolute atomic E-state index is 0.0767. The van der Waals surface area contributed by atoms with E-state index in [9.17, 15) is 9.59 Å². The van der Waals surface area contributed by atoms with Crippen LogP contribution in [0.4, 0.5) is 5.69 Å². The molecule has 1 aliphatic heterocycles. The standard InChI is InChI=1S/C14H12N2O2/c15-8-9-4-6-10(7-5-9)16-13(17)11-2-1-3-12(11)14(16)18/h4-7,11-12H,1-3H2. The zero-order valence-electron chi connectivity index (χ0n) is 9.80. The molecule has 0 N–H and O–H groups in total. The van der Waals surface area contributed by atoms with Crippen LogP contribution in [0.2, 0.25) is 0 Å². The molecule has 1 saturated carbocycles. The van der Waals surface area contributed by atoms with E-state index in [-0.39, 0.29) is 23.7 Å². The predicted octanol–water partition coefficient (Wildman–Crippen LogP) is 1.85. The van der Waals surface area contributed by atoms with Gasteiger partial charge >= 0.3 is 0 Å². The normalized spacial score (nSPS) is 26.3. The van der Waals surface area contributed by atoms with Gasteiger partial charge in [-0.1, -0.05) is 6.42 Å². The van der Waals surface area contributed by atoms with Crippen molar-refractivity contribution in [3.63, 3.8) is 0 Å². The van der Waals surface area contributed by atoms with Crippen LogP contribution in [-0.2, 0) is 9.59 Å². The highest BCUT2D eigenvalue weighted by Crippen LogP contribution is 2.41. The van der Waals surface area contributed by atoms with Crippen LogP contribution in [0, 0.1) is 23.2 Å². The van der Waals surface area contributed by atoms with Crippen LogP contribution in [0.1, 0.15) is 24.8 Å². The van der Waals surface area contributed by atoms with Crippen molar-refractivity contribution in [1.29, 1.82) is 5.26 Å². The first kappa shape index (κ1) is 11.0. The minimum Gasteiger partial charge on any atom is -0.274 e. The molecule has 2 fully saturated rings. The van der Waals surface area contributed by atoms with Gasteiger partial charge in [0.05, 0.1) is 29.2 Å². The molecule has 0 bridgehead atoms. The molecule has 0 spiro atoms. The summed E-state index contributed by atoms with van der Waals surface area (Å²) >= 11 is 0. The van der Waals surface area contributed by atoms with Crippen LogP contribution in [0.15, 0.2) is 24.3 Å². The van der Waals surface area contributed by atoms with Crippen LogP contribution < -0.4 is 4.90 Å². The Kier molecular flexibility index (Phi) is 2.41. The molecule has 90 valence electrons. The number of amides is 2. The molecule has 1 aliphatic carbocycles. The second-order valence-electron chi connectivity index (χ2n) is 4.81. The fourth-order valence-corrected chi connectivity index (χ4v) is 2.93. The minimum atomic E-state index is -0.117.